The van der Waals surface area contributed by atoms with E-state index in [1.54, 1.807) is 5.19 Å². The third kappa shape index (κ3) is 2.02. The van der Waals surface area contributed by atoms with Crippen molar-refractivity contribution < 1.29 is 0 Å². The Bertz CT molecular complexity index is 228. The molecule has 0 unspecified atom stereocenters. The van der Waals surface area contributed by atoms with Crippen LogP contribution in [0.2, 0.25) is 18.1 Å². The Morgan fingerprint density at radius 2 is 1.62 bits per heavy atom. The van der Waals surface area contributed by atoms with Crippen LogP contribution in [0.1, 0.15) is 13.8 Å². The van der Waals surface area contributed by atoms with E-state index in [9.17, 15) is 0 Å². The third-order valence-corrected chi connectivity index (χ3v) is 8.44. The predicted octanol–water partition coefficient (Wildman–Crippen LogP) is 3.22. The molecule has 71 valence electrons. The molecule has 0 bridgehead atoms. The number of benzene rings is 1. The lowest BCUT2D eigenvalue weighted by Crippen LogP contribution is -2.45. The molecule has 0 nitrogen and oxygen atoms in total. The molecule has 0 fully saturated rings. The van der Waals surface area contributed by atoms with Crippen LogP contribution in [0.15, 0.2) is 30.3 Å². The van der Waals surface area contributed by atoms with E-state index in [2.05, 4.69) is 51.1 Å². The summed E-state index contributed by atoms with van der Waals surface area (Å²) in [5.74, 6) is 0. The molecule has 0 aromatic heterocycles. The first-order chi connectivity index (χ1) is 6.29. The van der Waals surface area contributed by atoms with Gasteiger partial charge in [-0.3, -0.25) is 0 Å². The quantitative estimate of drug-likeness (QED) is 0.641. The van der Waals surface area contributed by atoms with E-state index in [1.807, 2.05) is 0 Å². The molecule has 0 amide bonds. The minimum absolute atomic E-state index is 1.13. The Morgan fingerprint density at radius 3 is 2.00 bits per heavy atom. The summed E-state index contributed by atoms with van der Waals surface area (Å²) in [6, 6.07) is 14.7. The topological polar surface area (TPSA) is 0 Å². The van der Waals surface area contributed by atoms with Gasteiger partial charge in [-0.25, -0.2) is 0 Å². The molecule has 0 aliphatic heterocycles. The van der Waals surface area contributed by atoms with Gasteiger partial charge in [-0.05, 0) is 0 Å². The van der Waals surface area contributed by atoms with E-state index in [-0.39, 0.29) is 0 Å². The Kier molecular flexibility index (Phi) is 3.73. The number of rotatable bonds is 4. The van der Waals surface area contributed by atoms with Gasteiger partial charge in [0.1, 0.15) is 0 Å². The zero-order valence-corrected chi connectivity index (χ0v) is 9.72. The van der Waals surface area contributed by atoms with Gasteiger partial charge in [-0.2, -0.15) is 0 Å². The molecule has 1 aromatic carbocycles. The van der Waals surface area contributed by atoms with Gasteiger partial charge < -0.3 is 0 Å². The van der Waals surface area contributed by atoms with Crippen LogP contribution in [0.25, 0.3) is 0 Å². The molecule has 1 rings (SSSR count). The minimum atomic E-state index is -1.20. The van der Waals surface area contributed by atoms with Crippen LogP contribution in [0.4, 0.5) is 0 Å². The Hall–Kier alpha value is -0.563. The van der Waals surface area contributed by atoms with Crippen molar-refractivity contribution in [2.75, 3.05) is 0 Å². The maximum atomic E-state index is 4.14. The van der Waals surface area contributed by atoms with E-state index < -0.39 is 8.07 Å². The second-order valence-electron chi connectivity index (χ2n) is 3.60. The standard InChI is InChI=1S/C12H19Si/c1-4-13(5-2,6-3)12-10-8-7-9-11-12/h7-11H,1,4-6H2,2-3H3. The summed E-state index contributed by atoms with van der Waals surface area (Å²) in [6.45, 7) is 8.76. The minimum Gasteiger partial charge on any atom is -0.0675 e. The fourth-order valence-electron chi connectivity index (χ4n) is 1.95. The van der Waals surface area contributed by atoms with E-state index in [0.29, 0.717) is 0 Å². The summed E-state index contributed by atoms with van der Waals surface area (Å²) in [5, 5.41) is 1.58. The molecule has 0 N–H and O–H groups in total. The highest BCUT2D eigenvalue weighted by Gasteiger charge is 2.28. The first kappa shape index (κ1) is 10.5. The Morgan fingerprint density at radius 1 is 1.08 bits per heavy atom. The van der Waals surface area contributed by atoms with Crippen LogP contribution in [-0.4, -0.2) is 8.07 Å². The summed E-state index contributed by atoms with van der Waals surface area (Å²) >= 11 is 0. The fraction of sp³-hybridized carbons (Fsp3) is 0.417. The average molecular weight is 191 g/mol. The molecule has 0 aliphatic rings. The molecule has 1 aromatic rings. The smallest absolute Gasteiger partial charge is 0.0675 e. The zero-order chi connectivity index (χ0) is 9.73. The van der Waals surface area contributed by atoms with Crippen molar-refractivity contribution in [1.29, 1.82) is 0 Å². The Balaban J connectivity index is 3.01. The van der Waals surface area contributed by atoms with Crippen molar-refractivity contribution >= 4 is 13.3 Å². The van der Waals surface area contributed by atoms with E-state index in [1.165, 1.54) is 12.1 Å². The lowest BCUT2D eigenvalue weighted by Gasteiger charge is -2.28. The van der Waals surface area contributed by atoms with Gasteiger partial charge in [0.25, 0.3) is 0 Å². The zero-order valence-electron chi connectivity index (χ0n) is 8.72. The van der Waals surface area contributed by atoms with Gasteiger partial charge in [0, 0.05) is 0 Å². The van der Waals surface area contributed by atoms with Gasteiger partial charge in [0.05, 0.1) is 8.07 Å². The molecule has 1 radical (unpaired) electrons. The Labute approximate surface area is 83.0 Å². The lowest BCUT2D eigenvalue weighted by atomic mass is 10.4. The van der Waals surface area contributed by atoms with Crippen molar-refractivity contribution in [3.63, 3.8) is 0 Å². The van der Waals surface area contributed by atoms with E-state index in [0.717, 1.165) is 6.04 Å². The van der Waals surface area contributed by atoms with Crippen molar-refractivity contribution in [1.82, 2.24) is 0 Å². The molecule has 0 atom stereocenters. The summed E-state index contributed by atoms with van der Waals surface area (Å²) in [7, 11) is -1.20. The fourth-order valence-corrected chi connectivity index (χ4v) is 5.16. The molecule has 0 spiro atoms. The van der Waals surface area contributed by atoms with E-state index >= 15 is 0 Å². The second-order valence-corrected chi connectivity index (χ2v) is 8.66. The van der Waals surface area contributed by atoms with Gasteiger partial charge in [-0.1, -0.05) is 74.4 Å². The molecular formula is C12H19Si. The van der Waals surface area contributed by atoms with Crippen LogP contribution in [0, 0.1) is 6.92 Å². The van der Waals surface area contributed by atoms with Crippen molar-refractivity contribution in [2.24, 2.45) is 0 Å². The molecule has 0 saturated carbocycles. The second kappa shape index (κ2) is 4.61. The van der Waals surface area contributed by atoms with Crippen LogP contribution < -0.4 is 5.19 Å². The predicted molar refractivity (Wildman–Crippen MR) is 63.0 cm³/mol. The normalized spacial score (nSPS) is 11.6. The molecule has 1 heteroatoms. The monoisotopic (exact) mass is 191 g/mol. The maximum absolute atomic E-state index is 4.14. The van der Waals surface area contributed by atoms with Crippen molar-refractivity contribution in [3.8, 4) is 0 Å². The maximum Gasteiger partial charge on any atom is 0.0861 e. The molecule has 0 heterocycles. The van der Waals surface area contributed by atoms with Gasteiger partial charge >= 0.3 is 0 Å². The van der Waals surface area contributed by atoms with Gasteiger partial charge in [-0.15, -0.1) is 0 Å². The first-order valence-corrected chi connectivity index (χ1v) is 7.76. The van der Waals surface area contributed by atoms with Crippen LogP contribution >= 0.6 is 0 Å². The SMILES string of the molecule is [CH2]C[Si](CC)(CC)c1ccccc1. The average Bonchev–Trinajstić information content (AvgIpc) is 2.23. The summed E-state index contributed by atoms with van der Waals surface area (Å²) in [5.41, 5.74) is 0. The molecule has 0 saturated heterocycles. The third-order valence-electron chi connectivity index (χ3n) is 3.22. The number of hydrogen-bond acceptors (Lipinski definition) is 0. The van der Waals surface area contributed by atoms with Gasteiger partial charge in [0.2, 0.25) is 0 Å². The van der Waals surface area contributed by atoms with E-state index in [4.69, 9.17) is 0 Å². The largest absolute Gasteiger partial charge is 0.0861 e. The van der Waals surface area contributed by atoms with Crippen LogP contribution in [0.3, 0.4) is 0 Å². The van der Waals surface area contributed by atoms with Crippen molar-refractivity contribution in [3.05, 3.63) is 37.3 Å². The van der Waals surface area contributed by atoms with Crippen LogP contribution in [-0.2, 0) is 0 Å². The molecule has 13 heavy (non-hydrogen) atoms. The van der Waals surface area contributed by atoms with Crippen LogP contribution in [0.5, 0.6) is 0 Å². The van der Waals surface area contributed by atoms with Gasteiger partial charge in [0.15, 0.2) is 0 Å². The highest BCUT2D eigenvalue weighted by molar-refractivity contribution is 6.91. The van der Waals surface area contributed by atoms with Crippen molar-refractivity contribution in [2.45, 2.75) is 32.0 Å². The number of hydrogen-bond donors (Lipinski definition) is 0. The lowest BCUT2D eigenvalue weighted by molar-refractivity contribution is 1.23. The first-order valence-electron chi connectivity index (χ1n) is 5.14. The molecule has 0 aliphatic carbocycles. The highest BCUT2D eigenvalue weighted by Crippen LogP contribution is 2.19. The summed E-state index contributed by atoms with van der Waals surface area (Å²) in [6.07, 6.45) is 0. The summed E-state index contributed by atoms with van der Waals surface area (Å²) < 4.78 is 0. The highest BCUT2D eigenvalue weighted by atomic mass is 28.3. The summed E-state index contributed by atoms with van der Waals surface area (Å²) in [4.78, 5) is 0. The molecular weight excluding hydrogens is 172 g/mol.